The van der Waals surface area contributed by atoms with Gasteiger partial charge in [-0.25, -0.2) is 4.68 Å². The van der Waals surface area contributed by atoms with Crippen molar-refractivity contribution in [1.82, 2.24) is 14.9 Å². The number of hydrogen-bond acceptors (Lipinski definition) is 4. The van der Waals surface area contributed by atoms with E-state index in [9.17, 15) is 4.79 Å². The number of aryl methyl sites for hydroxylation is 2. The number of rotatable bonds is 4. The minimum atomic E-state index is -0.149. The van der Waals surface area contributed by atoms with Crippen LogP contribution in [0.25, 0.3) is 22.2 Å². The number of halogens is 1. The summed E-state index contributed by atoms with van der Waals surface area (Å²) >= 11 is 3.38. The molecule has 0 atom stereocenters. The maximum atomic E-state index is 12.5. The second-order valence-electron chi connectivity index (χ2n) is 4.76. The van der Waals surface area contributed by atoms with Gasteiger partial charge in [0.15, 0.2) is 0 Å². The molecule has 6 heteroatoms. The quantitative estimate of drug-likeness (QED) is 0.680. The van der Waals surface area contributed by atoms with Gasteiger partial charge in [0.1, 0.15) is 11.1 Å². The fraction of sp³-hybridized carbons (Fsp3) is 0.267. The molecule has 0 N–H and O–H groups in total. The molecular weight excluding hydrogens is 334 g/mol. The van der Waals surface area contributed by atoms with Crippen molar-refractivity contribution in [3.63, 3.8) is 0 Å². The third-order valence-corrected chi connectivity index (χ3v) is 3.86. The summed E-state index contributed by atoms with van der Waals surface area (Å²) in [7, 11) is 0. The zero-order valence-electron chi connectivity index (χ0n) is 11.5. The first kappa shape index (κ1) is 14.0. The highest BCUT2D eigenvalue weighted by Gasteiger charge is 2.18. The Morgan fingerprint density at radius 2 is 2.05 bits per heavy atom. The van der Waals surface area contributed by atoms with Gasteiger partial charge in [0, 0.05) is 17.4 Å². The van der Waals surface area contributed by atoms with Crippen LogP contribution in [-0.4, -0.2) is 20.3 Å². The van der Waals surface area contributed by atoms with E-state index in [1.54, 1.807) is 6.92 Å². The van der Waals surface area contributed by atoms with E-state index in [4.69, 9.17) is 4.52 Å². The molecule has 0 aliphatic heterocycles. The van der Waals surface area contributed by atoms with Gasteiger partial charge in [-0.05, 0) is 13.3 Å². The smallest absolute Gasteiger partial charge is 0.279 e. The summed E-state index contributed by atoms with van der Waals surface area (Å²) < 4.78 is 6.84. The van der Waals surface area contributed by atoms with Gasteiger partial charge in [-0.2, -0.15) is 5.10 Å². The zero-order chi connectivity index (χ0) is 14.8. The number of aromatic nitrogens is 3. The Morgan fingerprint density at radius 1 is 1.29 bits per heavy atom. The predicted octanol–water partition coefficient (Wildman–Crippen LogP) is 3.14. The van der Waals surface area contributed by atoms with Crippen LogP contribution in [0.15, 0.2) is 39.6 Å². The van der Waals surface area contributed by atoms with Gasteiger partial charge in [-0.15, -0.1) is 0 Å². The highest BCUT2D eigenvalue weighted by molar-refractivity contribution is 9.09. The monoisotopic (exact) mass is 347 g/mol. The molecule has 108 valence electrons. The van der Waals surface area contributed by atoms with Gasteiger partial charge in [-0.1, -0.05) is 51.4 Å². The summed E-state index contributed by atoms with van der Waals surface area (Å²) in [5.41, 5.74) is 2.47. The standard InChI is InChI=1S/C15H14BrN3O2/c1-10-12-14(21-18-10)13(11-6-3-2-4-7-11)17-19(15(12)20)9-5-8-16/h2-4,6-7H,5,8-9H2,1H3. The Labute approximate surface area is 129 Å². The molecule has 0 fully saturated rings. The lowest BCUT2D eigenvalue weighted by atomic mass is 10.1. The second kappa shape index (κ2) is 5.81. The largest absolute Gasteiger partial charge is 0.353 e. The first-order chi connectivity index (χ1) is 10.2. The van der Waals surface area contributed by atoms with Gasteiger partial charge in [0.05, 0.1) is 5.69 Å². The molecule has 0 saturated carbocycles. The fourth-order valence-corrected chi connectivity index (χ4v) is 2.52. The van der Waals surface area contributed by atoms with Crippen molar-refractivity contribution >= 4 is 26.9 Å². The fourth-order valence-electron chi connectivity index (χ4n) is 2.27. The van der Waals surface area contributed by atoms with Gasteiger partial charge in [0.25, 0.3) is 5.56 Å². The SMILES string of the molecule is Cc1noc2c(-c3ccccc3)nn(CCCBr)c(=O)c12. The Hall–Kier alpha value is -1.95. The number of nitrogens with zero attached hydrogens (tertiary/aromatic N) is 3. The van der Waals surface area contributed by atoms with E-state index < -0.39 is 0 Å². The molecule has 3 rings (SSSR count). The molecule has 0 amide bonds. The lowest BCUT2D eigenvalue weighted by molar-refractivity contribution is 0.449. The number of hydrogen-bond donors (Lipinski definition) is 0. The summed E-state index contributed by atoms with van der Waals surface area (Å²) in [6, 6.07) is 9.69. The van der Waals surface area contributed by atoms with Crippen LogP contribution in [0.2, 0.25) is 0 Å². The van der Waals surface area contributed by atoms with E-state index in [2.05, 4.69) is 26.2 Å². The summed E-state index contributed by atoms with van der Waals surface area (Å²) in [6.07, 6.45) is 0.830. The normalized spacial score (nSPS) is 11.1. The van der Waals surface area contributed by atoms with Crippen LogP contribution in [0.1, 0.15) is 12.1 Å². The molecule has 0 bridgehead atoms. The molecule has 0 aliphatic carbocycles. The molecule has 3 aromatic rings. The van der Waals surface area contributed by atoms with E-state index in [1.165, 1.54) is 4.68 Å². The van der Waals surface area contributed by atoms with Crippen LogP contribution >= 0.6 is 15.9 Å². The molecule has 2 heterocycles. The molecule has 21 heavy (non-hydrogen) atoms. The number of fused-ring (bicyclic) bond motifs is 1. The zero-order valence-corrected chi connectivity index (χ0v) is 13.1. The molecule has 2 aromatic heterocycles. The van der Waals surface area contributed by atoms with E-state index >= 15 is 0 Å². The second-order valence-corrected chi connectivity index (χ2v) is 5.55. The molecule has 0 saturated heterocycles. The highest BCUT2D eigenvalue weighted by Crippen LogP contribution is 2.25. The van der Waals surface area contributed by atoms with Crippen molar-refractivity contribution in [1.29, 1.82) is 0 Å². The minimum absolute atomic E-state index is 0.149. The molecule has 0 radical (unpaired) electrons. The molecule has 0 unspecified atom stereocenters. The summed E-state index contributed by atoms with van der Waals surface area (Å²) in [5, 5.41) is 9.73. The maximum absolute atomic E-state index is 12.5. The Kier molecular flexibility index (Phi) is 3.88. The third-order valence-electron chi connectivity index (χ3n) is 3.30. The van der Waals surface area contributed by atoms with E-state index in [1.807, 2.05) is 30.3 Å². The minimum Gasteiger partial charge on any atom is -0.353 e. The van der Waals surface area contributed by atoms with Gasteiger partial charge >= 0.3 is 0 Å². The first-order valence-corrected chi connectivity index (χ1v) is 7.83. The van der Waals surface area contributed by atoms with E-state index in [-0.39, 0.29) is 5.56 Å². The van der Waals surface area contributed by atoms with Crippen molar-refractivity contribution in [3.05, 3.63) is 46.4 Å². The molecular formula is C15H14BrN3O2. The molecule has 5 nitrogen and oxygen atoms in total. The average Bonchev–Trinajstić information content (AvgIpc) is 2.90. The van der Waals surface area contributed by atoms with Crippen molar-refractivity contribution in [2.45, 2.75) is 19.9 Å². The van der Waals surface area contributed by atoms with Gasteiger partial charge in [0.2, 0.25) is 5.58 Å². The Bertz CT molecular complexity index is 824. The lowest BCUT2D eigenvalue weighted by Gasteiger charge is -2.07. The van der Waals surface area contributed by atoms with Crippen molar-refractivity contribution < 1.29 is 4.52 Å². The summed E-state index contributed by atoms with van der Waals surface area (Å²) in [5.74, 6) is 0. The van der Waals surface area contributed by atoms with E-state index in [0.717, 1.165) is 17.3 Å². The van der Waals surface area contributed by atoms with E-state index in [0.29, 0.717) is 28.9 Å². The van der Waals surface area contributed by atoms with Crippen LogP contribution in [0, 0.1) is 6.92 Å². The number of alkyl halides is 1. The van der Waals surface area contributed by atoms with Crippen LogP contribution in [0.4, 0.5) is 0 Å². The molecule has 0 spiro atoms. The van der Waals surface area contributed by atoms with Crippen LogP contribution in [-0.2, 0) is 6.54 Å². The van der Waals surface area contributed by atoms with Crippen molar-refractivity contribution in [3.8, 4) is 11.3 Å². The Balaban J connectivity index is 2.28. The molecule has 1 aromatic carbocycles. The maximum Gasteiger partial charge on any atom is 0.279 e. The van der Waals surface area contributed by atoms with Crippen LogP contribution in [0.5, 0.6) is 0 Å². The number of benzene rings is 1. The summed E-state index contributed by atoms with van der Waals surface area (Å²) in [6.45, 7) is 2.33. The van der Waals surface area contributed by atoms with Crippen LogP contribution < -0.4 is 5.56 Å². The van der Waals surface area contributed by atoms with Gasteiger partial charge < -0.3 is 4.52 Å². The summed E-state index contributed by atoms with van der Waals surface area (Å²) in [4.78, 5) is 12.5. The average molecular weight is 348 g/mol. The van der Waals surface area contributed by atoms with Crippen LogP contribution in [0.3, 0.4) is 0 Å². The predicted molar refractivity (Wildman–Crippen MR) is 84.6 cm³/mol. The molecule has 0 aliphatic rings. The van der Waals surface area contributed by atoms with Crippen molar-refractivity contribution in [2.75, 3.05) is 5.33 Å². The first-order valence-electron chi connectivity index (χ1n) is 6.71. The highest BCUT2D eigenvalue weighted by atomic mass is 79.9. The van der Waals surface area contributed by atoms with Gasteiger partial charge in [-0.3, -0.25) is 4.79 Å². The third kappa shape index (κ3) is 2.51. The topological polar surface area (TPSA) is 60.9 Å². The van der Waals surface area contributed by atoms with Crippen molar-refractivity contribution in [2.24, 2.45) is 0 Å². The lowest BCUT2D eigenvalue weighted by Crippen LogP contribution is -2.24. The Morgan fingerprint density at radius 3 is 2.76 bits per heavy atom.